The molecule has 2 heterocycles. The second-order valence-electron chi connectivity index (χ2n) is 6.15. The molecule has 0 atom stereocenters. The average molecular weight is 347 g/mol. The lowest BCUT2D eigenvalue weighted by Crippen LogP contribution is -2.19. The molecule has 0 saturated heterocycles. The van der Waals surface area contributed by atoms with Gasteiger partial charge in [-0.05, 0) is 67.4 Å². The zero-order valence-corrected chi connectivity index (χ0v) is 14.6. The Balaban J connectivity index is 1.86. The predicted molar refractivity (Wildman–Crippen MR) is 101 cm³/mol. The minimum absolute atomic E-state index is 0.286. The highest BCUT2D eigenvalue weighted by molar-refractivity contribution is 6.16. The minimum atomic E-state index is -0.286. The van der Waals surface area contributed by atoms with Gasteiger partial charge in [0.25, 0.3) is 0 Å². The number of aliphatic imine (C=N–C) groups is 1. The standard InChI is InChI=1S/C21H18FN3O/c1-3-14-5-10-18-17(12-14)20(19-11-4-13(2)26-19)24-25-21(23-18)15-6-8-16(22)9-7-15/h4-12H,3H2,1-2H3,(H,23,25). The first-order chi connectivity index (χ1) is 12.6. The van der Waals surface area contributed by atoms with Gasteiger partial charge < -0.3 is 4.42 Å². The first-order valence-corrected chi connectivity index (χ1v) is 8.52. The smallest absolute Gasteiger partial charge is 0.155 e. The number of nitrogens with one attached hydrogen (secondary N) is 1. The number of amidine groups is 1. The van der Waals surface area contributed by atoms with Gasteiger partial charge in [0, 0.05) is 11.1 Å². The molecule has 0 bridgehead atoms. The van der Waals surface area contributed by atoms with Gasteiger partial charge in [-0.15, -0.1) is 0 Å². The summed E-state index contributed by atoms with van der Waals surface area (Å²) in [5.74, 6) is 1.78. The summed E-state index contributed by atoms with van der Waals surface area (Å²) in [5.41, 5.74) is 7.37. The van der Waals surface area contributed by atoms with E-state index in [-0.39, 0.29) is 5.82 Å². The molecule has 0 spiro atoms. The van der Waals surface area contributed by atoms with Gasteiger partial charge in [0.1, 0.15) is 17.3 Å². The van der Waals surface area contributed by atoms with Crippen molar-refractivity contribution in [1.82, 2.24) is 5.43 Å². The van der Waals surface area contributed by atoms with Gasteiger partial charge in [-0.3, -0.25) is 5.43 Å². The fourth-order valence-electron chi connectivity index (χ4n) is 2.89. The van der Waals surface area contributed by atoms with E-state index in [1.165, 1.54) is 17.7 Å². The van der Waals surface area contributed by atoms with Crippen LogP contribution in [0.3, 0.4) is 0 Å². The van der Waals surface area contributed by atoms with Crippen molar-refractivity contribution in [3.05, 3.63) is 88.6 Å². The summed E-state index contributed by atoms with van der Waals surface area (Å²) < 4.78 is 19.0. The monoisotopic (exact) mass is 347 g/mol. The number of benzene rings is 2. The van der Waals surface area contributed by atoms with E-state index >= 15 is 0 Å². The Labute approximate surface area is 151 Å². The summed E-state index contributed by atoms with van der Waals surface area (Å²) >= 11 is 0. The summed E-state index contributed by atoms with van der Waals surface area (Å²) in [6.07, 6.45) is 0.916. The first-order valence-electron chi connectivity index (χ1n) is 8.52. The maximum Gasteiger partial charge on any atom is 0.155 e. The first kappa shape index (κ1) is 16.3. The normalized spacial score (nSPS) is 13.3. The van der Waals surface area contributed by atoms with Crippen molar-refractivity contribution in [3.8, 4) is 0 Å². The zero-order valence-electron chi connectivity index (χ0n) is 14.6. The van der Waals surface area contributed by atoms with Crippen molar-refractivity contribution in [3.63, 3.8) is 0 Å². The molecule has 1 aliphatic heterocycles. The van der Waals surface area contributed by atoms with E-state index in [0.717, 1.165) is 29.0 Å². The Kier molecular flexibility index (Phi) is 4.13. The molecular formula is C21H18FN3O. The summed E-state index contributed by atoms with van der Waals surface area (Å²) in [7, 11) is 0. The van der Waals surface area contributed by atoms with Crippen LogP contribution in [0.2, 0.25) is 0 Å². The van der Waals surface area contributed by atoms with Crippen molar-refractivity contribution < 1.29 is 8.81 Å². The quantitative estimate of drug-likeness (QED) is 0.745. The Bertz CT molecular complexity index is 1020. The second kappa shape index (κ2) is 6.59. The Hall–Kier alpha value is -3.21. The summed E-state index contributed by atoms with van der Waals surface area (Å²) in [5, 5.41) is 4.55. The van der Waals surface area contributed by atoms with E-state index in [2.05, 4.69) is 29.6 Å². The molecule has 0 aliphatic carbocycles. The number of hydrogen-bond donors (Lipinski definition) is 1. The van der Waals surface area contributed by atoms with Crippen LogP contribution in [0.4, 0.5) is 10.1 Å². The zero-order chi connectivity index (χ0) is 18.1. The third kappa shape index (κ3) is 3.04. The summed E-state index contributed by atoms with van der Waals surface area (Å²) in [4.78, 5) is 4.72. The summed E-state index contributed by atoms with van der Waals surface area (Å²) in [6, 6.07) is 16.1. The Morgan fingerprint density at radius 3 is 2.54 bits per heavy atom. The number of hydrazone groups is 1. The maximum atomic E-state index is 13.2. The molecule has 1 N–H and O–H groups in total. The highest BCUT2D eigenvalue weighted by Gasteiger charge is 2.20. The number of aryl methyl sites for hydroxylation is 2. The number of halogens is 1. The van der Waals surface area contributed by atoms with Crippen LogP contribution in [0.25, 0.3) is 0 Å². The lowest BCUT2D eigenvalue weighted by molar-refractivity contribution is 0.525. The molecule has 1 aromatic heterocycles. The second-order valence-corrected chi connectivity index (χ2v) is 6.15. The third-order valence-corrected chi connectivity index (χ3v) is 4.32. The van der Waals surface area contributed by atoms with Crippen molar-refractivity contribution in [2.45, 2.75) is 20.3 Å². The number of furan rings is 1. The molecule has 0 saturated carbocycles. The molecule has 0 fully saturated rings. The predicted octanol–water partition coefficient (Wildman–Crippen LogP) is 4.72. The van der Waals surface area contributed by atoms with Crippen LogP contribution in [0.5, 0.6) is 0 Å². The number of rotatable bonds is 3. The summed E-state index contributed by atoms with van der Waals surface area (Å²) in [6.45, 7) is 4.01. The van der Waals surface area contributed by atoms with Crippen LogP contribution in [0.1, 0.15) is 35.1 Å². The highest BCUT2D eigenvalue weighted by atomic mass is 19.1. The van der Waals surface area contributed by atoms with Gasteiger partial charge in [-0.2, -0.15) is 5.10 Å². The molecular weight excluding hydrogens is 329 g/mol. The van der Waals surface area contributed by atoms with Crippen molar-refractivity contribution >= 4 is 17.2 Å². The lowest BCUT2D eigenvalue weighted by Gasteiger charge is -2.07. The molecule has 5 heteroatoms. The lowest BCUT2D eigenvalue weighted by atomic mass is 10.0. The van der Waals surface area contributed by atoms with Gasteiger partial charge in [-0.1, -0.05) is 13.0 Å². The molecule has 4 nitrogen and oxygen atoms in total. The maximum absolute atomic E-state index is 13.2. The molecule has 0 unspecified atom stereocenters. The Morgan fingerprint density at radius 1 is 1.04 bits per heavy atom. The highest BCUT2D eigenvalue weighted by Crippen LogP contribution is 2.28. The van der Waals surface area contributed by atoms with Crippen molar-refractivity contribution in [1.29, 1.82) is 0 Å². The molecule has 2 aromatic carbocycles. The van der Waals surface area contributed by atoms with E-state index < -0.39 is 0 Å². The fraction of sp³-hybridized carbons (Fsp3) is 0.143. The van der Waals surface area contributed by atoms with Gasteiger partial charge in [0.2, 0.25) is 0 Å². The van der Waals surface area contributed by atoms with Gasteiger partial charge in [-0.25, -0.2) is 9.38 Å². The van der Waals surface area contributed by atoms with E-state index in [1.54, 1.807) is 12.1 Å². The number of hydrogen-bond acceptors (Lipinski definition) is 4. The largest absolute Gasteiger partial charge is 0.460 e. The molecule has 1 aliphatic rings. The van der Waals surface area contributed by atoms with Crippen LogP contribution < -0.4 is 5.43 Å². The molecule has 3 aromatic rings. The van der Waals surface area contributed by atoms with Gasteiger partial charge in [0.15, 0.2) is 11.6 Å². The van der Waals surface area contributed by atoms with E-state index in [9.17, 15) is 4.39 Å². The van der Waals surface area contributed by atoms with Gasteiger partial charge >= 0.3 is 0 Å². The van der Waals surface area contributed by atoms with E-state index in [4.69, 9.17) is 9.41 Å². The molecule has 0 amide bonds. The SMILES string of the molecule is CCc1ccc2c(c1)C(c1ccc(C)o1)=NNC(c1ccc(F)cc1)=N2. The third-order valence-electron chi connectivity index (χ3n) is 4.32. The number of nitrogens with zero attached hydrogens (tertiary/aromatic N) is 2. The minimum Gasteiger partial charge on any atom is -0.460 e. The van der Waals surface area contributed by atoms with E-state index in [1.807, 2.05) is 25.1 Å². The van der Waals surface area contributed by atoms with Crippen LogP contribution in [0, 0.1) is 12.7 Å². The van der Waals surface area contributed by atoms with Gasteiger partial charge in [0.05, 0.1) is 5.69 Å². The Morgan fingerprint density at radius 2 is 1.85 bits per heavy atom. The average Bonchev–Trinajstić information content (AvgIpc) is 2.99. The topological polar surface area (TPSA) is 49.9 Å². The van der Waals surface area contributed by atoms with Crippen LogP contribution in [0.15, 0.2) is 69.1 Å². The molecule has 4 rings (SSSR count). The molecule has 26 heavy (non-hydrogen) atoms. The fourth-order valence-corrected chi connectivity index (χ4v) is 2.89. The van der Waals surface area contributed by atoms with Crippen LogP contribution in [-0.4, -0.2) is 11.5 Å². The molecule has 0 radical (unpaired) electrons. The van der Waals surface area contributed by atoms with Crippen LogP contribution in [-0.2, 0) is 6.42 Å². The van der Waals surface area contributed by atoms with E-state index in [0.29, 0.717) is 17.3 Å². The van der Waals surface area contributed by atoms with Crippen LogP contribution >= 0.6 is 0 Å². The molecule has 130 valence electrons. The van der Waals surface area contributed by atoms with Crippen molar-refractivity contribution in [2.24, 2.45) is 10.1 Å². The number of fused-ring (bicyclic) bond motifs is 1. The van der Waals surface area contributed by atoms with Crippen molar-refractivity contribution in [2.75, 3.05) is 0 Å².